The smallest absolute Gasteiger partial charge is 0.295 e. The van der Waals surface area contributed by atoms with Crippen LogP contribution in [0.1, 0.15) is 42.9 Å². The quantitative estimate of drug-likeness (QED) is 0.416. The van der Waals surface area contributed by atoms with Gasteiger partial charge in [0, 0.05) is 24.0 Å². The van der Waals surface area contributed by atoms with Gasteiger partial charge in [0.25, 0.3) is 5.91 Å². The largest absolute Gasteiger partial charge is 0.493 e. The fourth-order valence-electron chi connectivity index (χ4n) is 3.85. The number of rotatable bonds is 6. The first kappa shape index (κ1) is 19.8. The Morgan fingerprint density at radius 1 is 1.10 bits per heavy atom. The molecule has 0 aliphatic rings. The Morgan fingerprint density at radius 3 is 2.67 bits per heavy atom. The van der Waals surface area contributed by atoms with E-state index in [1.165, 1.54) is 0 Å². The summed E-state index contributed by atoms with van der Waals surface area (Å²) in [5.41, 5.74) is 3.37. The molecule has 2 aromatic carbocycles. The fraction of sp³-hybridized carbons (Fsp3) is 0.304. The van der Waals surface area contributed by atoms with Crippen LogP contribution >= 0.6 is 0 Å². The van der Waals surface area contributed by atoms with Crippen molar-refractivity contribution >= 4 is 33.5 Å². The molecule has 2 heterocycles. The first-order valence-corrected chi connectivity index (χ1v) is 10.3. The van der Waals surface area contributed by atoms with Gasteiger partial charge in [-0.3, -0.25) is 4.79 Å². The van der Waals surface area contributed by atoms with Gasteiger partial charge in [-0.05, 0) is 44.5 Å². The second-order valence-corrected chi connectivity index (χ2v) is 7.31. The van der Waals surface area contributed by atoms with Crippen LogP contribution in [0.3, 0.4) is 0 Å². The summed E-state index contributed by atoms with van der Waals surface area (Å²) in [6.45, 7) is 7.61. The second kappa shape index (κ2) is 8.10. The number of unbranched alkanes of at least 4 members (excludes halogenated alkanes) is 1. The molecule has 4 aromatic rings. The number of imidazole rings is 1. The van der Waals surface area contributed by atoms with Crippen molar-refractivity contribution in [2.45, 2.75) is 46.7 Å². The van der Waals surface area contributed by atoms with Crippen LogP contribution in [0.5, 0.6) is 5.88 Å². The van der Waals surface area contributed by atoms with Crippen molar-refractivity contribution in [2.24, 2.45) is 10.2 Å². The topological polar surface area (TPSA) is 84.8 Å². The molecule has 2 aromatic heterocycles. The third-order valence-electron chi connectivity index (χ3n) is 5.40. The zero-order valence-electron chi connectivity index (χ0n) is 17.5. The molecule has 0 bridgehead atoms. The maximum Gasteiger partial charge on any atom is 0.295 e. The van der Waals surface area contributed by atoms with Crippen molar-refractivity contribution in [3.63, 3.8) is 0 Å². The van der Waals surface area contributed by atoms with Crippen molar-refractivity contribution in [1.82, 2.24) is 14.1 Å². The van der Waals surface area contributed by atoms with Crippen LogP contribution in [0.2, 0.25) is 0 Å². The van der Waals surface area contributed by atoms with E-state index < -0.39 is 5.91 Å². The Labute approximate surface area is 174 Å². The molecule has 0 fully saturated rings. The molecular formula is C23H25N5O2. The van der Waals surface area contributed by atoms with E-state index in [9.17, 15) is 9.90 Å². The molecule has 0 saturated carbocycles. The van der Waals surface area contributed by atoms with Crippen molar-refractivity contribution in [2.75, 3.05) is 0 Å². The number of carbonyl (C=O) groups is 1. The summed E-state index contributed by atoms with van der Waals surface area (Å²) in [6, 6.07) is 13.0. The Bertz CT molecular complexity index is 1270. The number of hydrogen-bond donors (Lipinski definition) is 1. The Morgan fingerprint density at radius 2 is 1.90 bits per heavy atom. The number of amides is 1. The highest BCUT2D eigenvalue weighted by Crippen LogP contribution is 2.39. The summed E-state index contributed by atoms with van der Waals surface area (Å²) in [7, 11) is 0. The molecule has 4 rings (SSSR count). The molecule has 0 saturated heterocycles. The predicted molar refractivity (Wildman–Crippen MR) is 118 cm³/mol. The number of hydrogen-bond acceptors (Lipinski definition) is 4. The van der Waals surface area contributed by atoms with E-state index in [4.69, 9.17) is 0 Å². The molecule has 1 amide bonds. The summed E-state index contributed by atoms with van der Waals surface area (Å²) in [5, 5.41) is 19.5. The highest BCUT2D eigenvalue weighted by atomic mass is 16.3. The van der Waals surface area contributed by atoms with E-state index in [0.29, 0.717) is 17.8 Å². The fourth-order valence-corrected chi connectivity index (χ4v) is 3.85. The maximum atomic E-state index is 12.7. The molecular weight excluding hydrogens is 378 g/mol. The summed E-state index contributed by atoms with van der Waals surface area (Å²) in [6.07, 6.45) is 1.95. The first-order chi connectivity index (χ1) is 14.5. The monoisotopic (exact) mass is 403 g/mol. The Kier molecular flexibility index (Phi) is 5.35. The first-order valence-electron chi connectivity index (χ1n) is 10.3. The third-order valence-corrected chi connectivity index (χ3v) is 5.40. The van der Waals surface area contributed by atoms with Crippen molar-refractivity contribution in [3.05, 3.63) is 53.9 Å². The molecule has 7 heteroatoms. The number of benzene rings is 2. The van der Waals surface area contributed by atoms with Crippen LogP contribution in [-0.2, 0) is 13.1 Å². The number of fused-ring (bicyclic) bond motifs is 2. The van der Waals surface area contributed by atoms with E-state index in [1.807, 2.05) is 41.8 Å². The molecule has 0 unspecified atom stereocenters. The van der Waals surface area contributed by atoms with Crippen molar-refractivity contribution < 1.29 is 9.90 Å². The number of aromatic hydroxyl groups is 1. The molecule has 0 spiro atoms. The number of carbonyl (C=O) groups excluding carboxylic acids is 1. The van der Waals surface area contributed by atoms with Crippen LogP contribution in [0.15, 0.2) is 52.7 Å². The van der Waals surface area contributed by atoms with Crippen LogP contribution in [0.25, 0.3) is 21.9 Å². The predicted octanol–water partition coefficient (Wildman–Crippen LogP) is 5.75. The van der Waals surface area contributed by atoms with Crippen LogP contribution in [0.4, 0.5) is 5.69 Å². The highest BCUT2D eigenvalue weighted by molar-refractivity contribution is 5.99. The Hall–Kier alpha value is -3.48. The molecule has 0 aliphatic heterocycles. The van der Waals surface area contributed by atoms with Gasteiger partial charge in [-0.15, -0.1) is 10.2 Å². The number of aryl methyl sites for hydroxylation is 3. The zero-order valence-corrected chi connectivity index (χ0v) is 17.5. The van der Waals surface area contributed by atoms with Crippen molar-refractivity contribution in [3.8, 4) is 5.88 Å². The van der Waals surface area contributed by atoms with Gasteiger partial charge in [-0.2, -0.15) is 0 Å². The lowest BCUT2D eigenvalue weighted by Gasteiger charge is -2.05. The van der Waals surface area contributed by atoms with E-state index in [1.54, 1.807) is 12.1 Å². The normalized spacial score (nSPS) is 11.8. The lowest BCUT2D eigenvalue weighted by Crippen LogP contribution is -1.97. The number of para-hydroxylation sites is 1. The van der Waals surface area contributed by atoms with E-state index in [2.05, 4.69) is 33.6 Å². The Balaban J connectivity index is 1.68. The van der Waals surface area contributed by atoms with E-state index in [0.717, 1.165) is 47.1 Å². The minimum atomic E-state index is -0.467. The van der Waals surface area contributed by atoms with E-state index >= 15 is 0 Å². The van der Waals surface area contributed by atoms with Crippen LogP contribution in [-0.4, -0.2) is 25.1 Å². The van der Waals surface area contributed by atoms with Gasteiger partial charge in [0.05, 0.1) is 16.6 Å². The summed E-state index contributed by atoms with van der Waals surface area (Å²) < 4.78 is 3.91. The highest BCUT2D eigenvalue weighted by Gasteiger charge is 2.17. The number of azo groups is 1. The van der Waals surface area contributed by atoms with Gasteiger partial charge in [0.1, 0.15) is 5.82 Å². The standard InChI is InChI=1S/C23H25N5O2/c1-4-6-13-28-19-10-8-7-9-17(19)21(23(28)30)25-26-22(29)16-11-12-20-18(14-16)24-15(3)27(20)5-2/h7-12,14,30H,4-6,13H2,1-3H3. The van der Waals surface area contributed by atoms with Gasteiger partial charge in [-0.25, -0.2) is 4.98 Å². The van der Waals surface area contributed by atoms with Gasteiger partial charge in [0.15, 0.2) is 5.69 Å². The maximum absolute atomic E-state index is 12.7. The summed E-state index contributed by atoms with van der Waals surface area (Å²) in [4.78, 5) is 17.2. The molecule has 0 atom stereocenters. The summed E-state index contributed by atoms with van der Waals surface area (Å²) in [5.74, 6) is 0.475. The minimum absolute atomic E-state index is 0.0361. The average molecular weight is 403 g/mol. The number of aromatic nitrogens is 3. The molecule has 0 aliphatic carbocycles. The second-order valence-electron chi connectivity index (χ2n) is 7.31. The third kappa shape index (κ3) is 3.36. The number of nitrogens with zero attached hydrogens (tertiary/aromatic N) is 5. The average Bonchev–Trinajstić information content (AvgIpc) is 3.22. The molecule has 7 nitrogen and oxygen atoms in total. The van der Waals surface area contributed by atoms with E-state index in [-0.39, 0.29) is 5.88 Å². The molecule has 0 radical (unpaired) electrons. The molecule has 30 heavy (non-hydrogen) atoms. The summed E-state index contributed by atoms with van der Waals surface area (Å²) >= 11 is 0. The van der Waals surface area contributed by atoms with Crippen molar-refractivity contribution in [1.29, 1.82) is 0 Å². The minimum Gasteiger partial charge on any atom is -0.493 e. The van der Waals surface area contributed by atoms with Gasteiger partial charge < -0.3 is 14.2 Å². The van der Waals surface area contributed by atoms with Crippen LogP contribution < -0.4 is 0 Å². The van der Waals surface area contributed by atoms with Gasteiger partial charge in [0.2, 0.25) is 5.88 Å². The molecule has 1 N–H and O–H groups in total. The lowest BCUT2D eigenvalue weighted by molar-refractivity contribution is 0.0995. The zero-order chi connectivity index (χ0) is 21.3. The lowest BCUT2D eigenvalue weighted by atomic mass is 10.2. The molecule has 154 valence electrons. The van der Waals surface area contributed by atoms with Gasteiger partial charge in [-0.1, -0.05) is 31.5 Å². The van der Waals surface area contributed by atoms with Gasteiger partial charge >= 0.3 is 0 Å². The van der Waals surface area contributed by atoms with Crippen LogP contribution in [0, 0.1) is 6.92 Å². The SMILES string of the molecule is CCCCn1c(O)c(N=NC(=O)c2ccc3c(c2)nc(C)n3CC)c2ccccc21.